The van der Waals surface area contributed by atoms with Gasteiger partial charge in [0.15, 0.2) is 0 Å². The number of benzene rings is 1. The third kappa shape index (κ3) is 3.31. The highest BCUT2D eigenvalue weighted by molar-refractivity contribution is 6.05. The quantitative estimate of drug-likeness (QED) is 0.799. The fourth-order valence-electron chi connectivity index (χ4n) is 2.19. The molecule has 0 saturated heterocycles. The number of pyridine rings is 1. The standard InChI is InChI=1S/C16H20N2O3/c1-3-11-5-6-14-12(9-11)15(17-7-8-19)13(10-18-14)16(20)21-4-2/h5-6,9-10,19H,3-4,7-8H2,1-2H3,(H,17,18). The van der Waals surface area contributed by atoms with Crippen LogP contribution in [0, 0.1) is 0 Å². The summed E-state index contributed by atoms with van der Waals surface area (Å²) >= 11 is 0. The smallest absolute Gasteiger partial charge is 0.341 e. The SMILES string of the molecule is CCOC(=O)c1cnc2ccc(CC)cc2c1NCCO. The molecule has 2 rings (SSSR count). The van der Waals surface area contributed by atoms with Crippen molar-refractivity contribution < 1.29 is 14.6 Å². The monoisotopic (exact) mass is 288 g/mol. The van der Waals surface area contributed by atoms with E-state index in [2.05, 4.69) is 17.2 Å². The summed E-state index contributed by atoms with van der Waals surface area (Å²) < 4.78 is 5.07. The van der Waals surface area contributed by atoms with E-state index in [-0.39, 0.29) is 6.61 Å². The van der Waals surface area contributed by atoms with E-state index in [9.17, 15) is 4.79 Å². The van der Waals surface area contributed by atoms with E-state index < -0.39 is 5.97 Å². The lowest BCUT2D eigenvalue weighted by atomic mass is 10.0. The van der Waals surface area contributed by atoms with Crippen molar-refractivity contribution in [3.8, 4) is 0 Å². The van der Waals surface area contributed by atoms with Gasteiger partial charge in [-0.15, -0.1) is 0 Å². The first-order valence-corrected chi connectivity index (χ1v) is 7.14. The van der Waals surface area contributed by atoms with Gasteiger partial charge in [0, 0.05) is 18.1 Å². The Labute approximate surface area is 124 Å². The largest absolute Gasteiger partial charge is 0.462 e. The van der Waals surface area contributed by atoms with E-state index in [0.29, 0.717) is 24.4 Å². The number of aliphatic hydroxyl groups excluding tert-OH is 1. The highest BCUT2D eigenvalue weighted by Gasteiger charge is 2.16. The predicted molar refractivity (Wildman–Crippen MR) is 82.7 cm³/mol. The zero-order valence-corrected chi connectivity index (χ0v) is 12.3. The summed E-state index contributed by atoms with van der Waals surface area (Å²) in [6.45, 7) is 4.50. The number of aryl methyl sites for hydroxylation is 1. The summed E-state index contributed by atoms with van der Waals surface area (Å²) in [4.78, 5) is 16.4. The number of hydrogen-bond acceptors (Lipinski definition) is 5. The van der Waals surface area contributed by atoms with E-state index >= 15 is 0 Å². The minimum Gasteiger partial charge on any atom is -0.462 e. The second-order valence-corrected chi connectivity index (χ2v) is 4.62. The van der Waals surface area contributed by atoms with Crippen LogP contribution in [0.15, 0.2) is 24.4 Å². The molecular formula is C16H20N2O3. The number of nitrogens with one attached hydrogen (secondary N) is 1. The summed E-state index contributed by atoms with van der Waals surface area (Å²) in [5.41, 5.74) is 3.03. The molecule has 2 aromatic rings. The molecule has 0 saturated carbocycles. The molecule has 112 valence electrons. The van der Waals surface area contributed by atoms with Gasteiger partial charge in [0.1, 0.15) is 5.56 Å². The molecule has 0 aliphatic carbocycles. The first-order chi connectivity index (χ1) is 10.2. The molecule has 21 heavy (non-hydrogen) atoms. The van der Waals surface area contributed by atoms with Crippen LogP contribution in [-0.4, -0.2) is 35.8 Å². The molecule has 1 aromatic carbocycles. The van der Waals surface area contributed by atoms with Gasteiger partial charge < -0.3 is 15.2 Å². The van der Waals surface area contributed by atoms with E-state index in [1.165, 1.54) is 6.20 Å². The van der Waals surface area contributed by atoms with Crippen LogP contribution in [0.4, 0.5) is 5.69 Å². The predicted octanol–water partition coefficient (Wildman–Crippen LogP) is 2.38. The van der Waals surface area contributed by atoms with E-state index in [0.717, 1.165) is 22.9 Å². The Morgan fingerprint density at radius 3 is 2.86 bits per heavy atom. The fourth-order valence-corrected chi connectivity index (χ4v) is 2.19. The van der Waals surface area contributed by atoms with E-state index in [1.807, 2.05) is 18.2 Å². The number of carbonyl (C=O) groups is 1. The zero-order valence-electron chi connectivity index (χ0n) is 12.3. The molecule has 0 amide bonds. The highest BCUT2D eigenvalue weighted by atomic mass is 16.5. The van der Waals surface area contributed by atoms with Crippen LogP contribution in [-0.2, 0) is 11.2 Å². The van der Waals surface area contributed by atoms with Gasteiger partial charge in [0.25, 0.3) is 0 Å². The normalized spacial score (nSPS) is 10.6. The van der Waals surface area contributed by atoms with Gasteiger partial charge in [0.05, 0.1) is 24.4 Å². The summed E-state index contributed by atoms with van der Waals surface area (Å²) in [5, 5.41) is 13.0. The number of nitrogens with zero attached hydrogens (tertiary/aromatic N) is 1. The number of fused-ring (bicyclic) bond motifs is 1. The van der Waals surface area contributed by atoms with Gasteiger partial charge >= 0.3 is 5.97 Å². The van der Waals surface area contributed by atoms with Gasteiger partial charge in [-0.2, -0.15) is 0 Å². The molecule has 0 unspecified atom stereocenters. The lowest BCUT2D eigenvalue weighted by molar-refractivity contribution is 0.0527. The Morgan fingerprint density at radius 2 is 2.19 bits per heavy atom. The van der Waals surface area contributed by atoms with Crippen molar-refractivity contribution in [2.75, 3.05) is 25.1 Å². The Kier molecular flexibility index (Phi) is 5.11. The molecule has 0 fully saturated rings. The number of carbonyl (C=O) groups excluding carboxylic acids is 1. The third-order valence-corrected chi connectivity index (χ3v) is 3.25. The molecule has 0 radical (unpaired) electrons. The van der Waals surface area contributed by atoms with Crippen molar-refractivity contribution in [3.05, 3.63) is 35.5 Å². The molecule has 1 aromatic heterocycles. The lowest BCUT2D eigenvalue weighted by Gasteiger charge is -2.14. The maximum Gasteiger partial charge on any atom is 0.341 e. The number of anilines is 1. The third-order valence-electron chi connectivity index (χ3n) is 3.25. The maximum absolute atomic E-state index is 12.1. The Morgan fingerprint density at radius 1 is 1.38 bits per heavy atom. The van der Waals surface area contributed by atoms with Crippen LogP contribution in [0.5, 0.6) is 0 Å². The molecule has 0 aliphatic rings. The second kappa shape index (κ2) is 7.04. The van der Waals surface area contributed by atoms with Gasteiger partial charge in [-0.3, -0.25) is 4.98 Å². The van der Waals surface area contributed by atoms with Crippen molar-refractivity contribution in [2.24, 2.45) is 0 Å². The second-order valence-electron chi connectivity index (χ2n) is 4.62. The Bertz CT molecular complexity index is 641. The zero-order chi connectivity index (χ0) is 15.2. The fraction of sp³-hybridized carbons (Fsp3) is 0.375. The van der Waals surface area contributed by atoms with Gasteiger partial charge in [-0.25, -0.2) is 4.79 Å². The summed E-state index contributed by atoms with van der Waals surface area (Å²) in [5.74, 6) is -0.408. The van der Waals surface area contributed by atoms with Crippen molar-refractivity contribution in [2.45, 2.75) is 20.3 Å². The summed E-state index contributed by atoms with van der Waals surface area (Å²) in [6.07, 6.45) is 2.42. The maximum atomic E-state index is 12.1. The topological polar surface area (TPSA) is 71.5 Å². The van der Waals surface area contributed by atoms with Crippen LogP contribution in [0.2, 0.25) is 0 Å². The molecule has 5 nitrogen and oxygen atoms in total. The average molecular weight is 288 g/mol. The van der Waals surface area contributed by atoms with Crippen LogP contribution in [0.3, 0.4) is 0 Å². The van der Waals surface area contributed by atoms with Gasteiger partial charge in [-0.1, -0.05) is 13.0 Å². The van der Waals surface area contributed by atoms with Crippen molar-refractivity contribution in [1.29, 1.82) is 0 Å². The van der Waals surface area contributed by atoms with Crippen LogP contribution < -0.4 is 5.32 Å². The Balaban J connectivity index is 2.58. The molecule has 5 heteroatoms. The summed E-state index contributed by atoms with van der Waals surface area (Å²) in [6, 6.07) is 5.98. The van der Waals surface area contributed by atoms with E-state index in [4.69, 9.17) is 9.84 Å². The Hall–Kier alpha value is -2.14. The molecule has 0 spiro atoms. The first kappa shape index (κ1) is 15.3. The van der Waals surface area contributed by atoms with Crippen molar-refractivity contribution in [1.82, 2.24) is 4.98 Å². The molecule has 0 atom stereocenters. The van der Waals surface area contributed by atoms with Crippen molar-refractivity contribution >= 4 is 22.6 Å². The minimum absolute atomic E-state index is 0.0143. The van der Waals surface area contributed by atoms with Gasteiger partial charge in [-0.05, 0) is 31.0 Å². The van der Waals surface area contributed by atoms with Crippen LogP contribution in [0.1, 0.15) is 29.8 Å². The number of aliphatic hydroxyl groups is 1. The summed E-state index contributed by atoms with van der Waals surface area (Å²) in [7, 11) is 0. The number of ether oxygens (including phenoxy) is 1. The number of esters is 1. The minimum atomic E-state index is -0.408. The highest BCUT2D eigenvalue weighted by Crippen LogP contribution is 2.27. The van der Waals surface area contributed by atoms with Crippen LogP contribution >= 0.6 is 0 Å². The number of aromatic nitrogens is 1. The molecular weight excluding hydrogens is 268 g/mol. The van der Waals surface area contributed by atoms with E-state index in [1.54, 1.807) is 6.92 Å². The average Bonchev–Trinajstić information content (AvgIpc) is 2.52. The van der Waals surface area contributed by atoms with Gasteiger partial charge in [0.2, 0.25) is 0 Å². The number of hydrogen-bond donors (Lipinski definition) is 2. The number of rotatable bonds is 6. The van der Waals surface area contributed by atoms with Crippen molar-refractivity contribution in [3.63, 3.8) is 0 Å². The molecule has 0 bridgehead atoms. The lowest BCUT2D eigenvalue weighted by Crippen LogP contribution is -2.13. The van der Waals surface area contributed by atoms with Crippen LogP contribution in [0.25, 0.3) is 10.9 Å². The molecule has 1 heterocycles. The molecule has 2 N–H and O–H groups in total. The first-order valence-electron chi connectivity index (χ1n) is 7.14. The molecule has 0 aliphatic heterocycles.